The molecular weight excluding hydrogens is 1490 g/mol. The van der Waals surface area contributed by atoms with Crippen LogP contribution in [-0.2, 0) is 0 Å². The molecule has 0 atom stereocenters. The lowest BCUT2D eigenvalue weighted by molar-refractivity contribution is 1.29. The van der Waals surface area contributed by atoms with Crippen molar-refractivity contribution in [3.63, 3.8) is 0 Å². The zero-order valence-corrected chi connectivity index (χ0v) is 68.5. The molecule has 0 N–H and O–H groups in total. The van der Waals surface area contributed by atoms with Crippen LogP contribution < -0.4 is 0 Å². The molecule has 0 unspecified atom stereocenters. The highest BCUT2D eigenvalue weighted by molar-refractivity contribution is 5.90. The van der Waals surface area contributed by atoms with Crippen LogP contribution in [0.1, 0.15) is 16.7 Å². The van der Waals surface area contributed by atoms with Gasteiger partial charge in [0.15, 0.2) is 0 Å². The molecule has 0 spiro atoms. The summed E-state index contributed by atoms with van der Waals surface area (Å²) >= 11 is 0. The third-order valence-electron chi connectivity index (χ3n) is 22.7. The summed E-state index contributed by atoms with van der Waals surface area (Å²) in [6, 6.07) is 160. The molecule has 0 aliphatic carbocycles. The Morgan fingerprint density at radius 2 is 0.236 bits per heavy atom. The quantitative estimate of drug-likeness (QED) is 0.0852. The van der Waals surface area contributed by atoms with E-state index in [-0.39, 0.29) is 0 Å². The second-order valence-electron chi connectivity index (χ2n) is 31.1. The largest absolute Gasteiger partial charge is 0.248 e. The van der Waals surface area contributed by atoms with E-state index < -0.39 is 0 Å². The van der Waals surface area contributed by atoms with Crippen LogP contribution in [-0.4, -0.2) is 29.9 Å². The molecule has 0 saturated carbocycles. The van der Waals surface area contributed by atoms with Gasteiger partial charge in [-0.25, -0.2) is 29.9 Å². The molecule has 20 aromatic rings. The lowest BCUT2D eigenvalue weighted by Crippen LogP contribution is -1.97. The van der Waals surface area contributed by atoms with E-state index >= 15 is 0 Å². The van der Waals surface area contributed by atoms with Gasteiger partial charge in [-0.3, -0.25) is 0 Å². The van der Waals surface area contributed by atoms with Gasteiger partial charge in [-0.1, -0.05) is 346 Å². The summed E-state index contributed by atoms with van der Waals surface area (Å²) in [5.41, 5.74) is 40.0. The third-order valence-corrected chi connectivity index (χ3v) is 22.7. The second kappa shape index (κ2) is 35.3. The highest BCUT2D eigenvalue weighted by Crippen LogP contribution is 2.44. The van der Waals surface area contributed by atoms with Crippen LogP contribution in [0.4, 0.5) is 0 Å². The van der Waals surface area contributed by atoms with Gasteiger partial charge < -0.3 is 0 Å². The number of aromatic nitrogens is 6. The maximum atomic E-state index is 5.44. The van der Waals surface area contributed by atoms with Crippen LogP contribution in [0.15, 0.2) is 455 Å². The molecule has 0 bridgehead atoms. The van der Waals surface area contributed by atoms with Crippen molar-refractivity contribution in [3.05, 3.63) is 472 Å². The maximum absolute atomic E-state index is 5.44. The molecule has 6 heterocycles. The Labute approximate surface area is 719 Å². The summed E-state index contributed by atoms with van der Waals surface area (Å²) in [5.74, 6) is 0. The highest BCUT2D eigenvalue weighted by atomic mass is 14.8. The van der Waals surface area contributed by atoms with Gasteiger partial charge in [0, 0.05) is 66.8 Å². The van der Waals surface area contributed by atoms with Crippen LogP contribution in [0.5, 0.6) is 0 Å². The van der Waals surface area contributed by atoms with E-state index in [0.29, 0.717) is 0 Å². The summed E-state index contributed by atoms with van der Waals surface area (Å²) < 4.78 is 0. The van der Waals surface area contributed by atoms with Crippen LogP contribution >= 0.6 is 0 Å². The van der Waals surface area contributed by atoms with Gasteiger partial charge in [0.2, 0.25) is 0 Å². The minimum Gasteiger partial charge on any atom is -0.248 e. The molecule has 0 radical (unpaired) electrons. The molecule has 14 aromatic carbocycles. The number of rotatable bonds is 18. The normalized spacial score (nSPS) is 11.0. The van der Waals surface area contributed by atoms with Gasteiger partial charge >= 0.3 is 0 Å². The monoisotopic (exact) mass is 1570 g/mol. The summed E-state index contributed by atoms with van der Waals surface area (Å²) in [5, 5.41) is 0. The highest BCUT2D eigenvalue weighted by Gasteiger charge is 2.22. The smallest absolute Gasteiger partial charge is 0.0716 e. The Morgan fingerprint density at radius 1 is 0.106 bits per heavy atom. The van der Waals surface area contributed by atoms with Crippen molar-refractivity contribution in [2.75, 3.05) is 0 Å². The number of pyridine rings is 6. The number of hydrogen-bond acceptors (Lipinski definition) is 6. The molecule has 20 rings (SSSR count). The molecule has 6 heteroatoms. The van der Waals surface area contributed by atoms with E-state index in [1.807, 2.05) is 18.2 Å². The van der Waals surface area contributed by atoms with E-state index in [0.717, 1.165) is 185 Å². The van der Waals surface area contributed by atoms with Gasteiger partial charge in [0.1, 0.15) is 0 Å². The standard InChI is InChI=1S/C60H45N3.C57H39N3/c1-40-19-13-16-28-52(40)46-34-55(43-22-7-4-8-23-43)61-58(37-46)49-31-50(59-38-47(53-29-17-14-20-41(53)2)35-56(62-59)44-24-9-5-10-25-44)33-51(32-49)60-39-48(54-30-18-15-21-42(54)3)36-57(63-60)45-26-11-6-12-27-45;1-7-19-40(20-8-1)46-34-52(43-25-13-4-14-26-43)58-55(37-46)49-31-50(56-38-47(41-21-9-2-10-22-41)35-53(59-56)44-27-15-5-16-28-44)33-51(32-49)57-39-48(42-23-11-3-12-24-42)36-54(60-57)45-29-17-6-18-30-45/h4-39H,1-3H3;1-39H. The molecule has 0 aliphatic rings. The summed E-state index contributed by atoms with van der Waals surface area (Å²) in [7, 11) is 0. The number of hydrogen-bond donors (Lipinski definition) is 0. The Morgan fingerprint density at radius 3 is 0.398 bits per heavy atom. The maximum Gasteiger partial charge on any atom is 0.0716 e. The van der Waals surface area contributed by atoms with E-state index in [9.17, 15) is 0 Å². The van der Waals surface area contributed by atoms with E-state index in [4.69, 9.17) is 29.9 Å². The van der Waals surface area contributed by atoms with Crippen molar-refractivity contribution in [2.24, 2.45) is 0 Å². The minimum atomic E-state index is 0.864. The first kappa shape index (κ1) is 76.9. The van der Waals surface area contributed by atoms with Crippen LogP contribution in [0.2, 0.25) is 0 Å². The fraction of sp³-hybridized carbons (Fsp3) is 0.0256. The van der Waals surface area contributed by atoms with Gasteiger partial charge in [-0.2, -0.15) is 0 Å². The Balaban J connectivity index is 0.000000162. The van der Waals surface area contributed by atoms with Crippen LogP contribution in [0.3, 0.4) is 0 Å². The fourth-order valence-corrected chi connectivity index (χ4v) is 16.3. The molecule has 6 nitrogen and oxygen atoms in total. The Kier molecular flexibility index (Phi) is 22.1. The van der Waals surface area contributed by atoms with Crippen LogP contribution in [0.25, 0.3) is 202 Å². The zero-order chi connectivity index (χ0) is 82.8. The SMILES string of the molecule is Cc1ccccc1-c1cc(-c2ccccc2)nc(-c2cc(-c3cc(-c4ccccc4C)cc(-c4ccccc4)n3)cc(-c3cc(-c4ccccc4C)cc(-c4ccccc4)n3)c2)c1.c1ccc(-c2cc(-c3ccccc3)nc(-c3cc(-c4cc(-c5ccccc5)cc(-c5ccccc5)n4)cc(-c4cc(-c5ccccc5)cc(-c5ccccc5)n4)c3)c2)cc1. The molecule has 6 aromatic heterocycles. The average molecular weight is 1570 g/mol. The molecule has 0 amide bonds. The van der Waals surface area contributed by atoms with Crippen molar-refractivity contribution in [2.45, 2.75) is 20.8 Å². The average Bonchev–Trinajstić information content (AvgIpc) is 0.771. The first-order valence-corrected chi connectivity index (χ1v) is 41.8. The Hall–Kier alpha value is -16.0. The molecule has 0 aliphatic heterocycles. The van der Waals surface area contributed by atoms with Crippen molar-refractivity contribution in [3.8, 4) is 202 Å². The Bertz CT molecular complexity index is 6270. The number of benzene rings is 14. The number of aryl methyl sites for hydroxylation is 3. The molecule has 123 heavy (non-hydrogen) atoms. The van der Waals surface area contributed by atoms with Crippen molar-refractivity contribution in [1.29, 1.82) is 0 Å². The summed E-state index contributed by atoms with van der Waals surface area (Å²) in [6.45, 7) is 6.52. The van der Waals surface area contributed by atoms with Crippen molar-refractivity contribution in [1.82, 2.24) is 29.9 Å². The lowest BCUT2D eigenvalue weighted by Gasteiger charge is -2.16. The molecule has 0 saturated heterocycles. The van der Waals surface area contributed by atoms with Crippen molar-refractivity contribution >= 4 is 0 Å². The predicted octanol–water partition coefficient (Wildman–Crippen LogP) is 30.7. The minimum absolute atomic E-state index is 0.864. The lowest BCUT2D eigenvalue weighted by atomic mass is 9.92. The van der Waals surface area contributed by atoms with Crippen LogP contribution in [0, 0.1) is 20.8 Å². The van der Waals surface area contributed by atoms with Gasteiger partial charge in [-0.05, 0) is 213 Å². The van der Waals surface area contributed by atoms with E-state index in [1.54, 1.807) is 0 Å². The number of nitrogens with zero attached hydrogens (tertiary/aromatic N) is 6. The van der Waals surface area contributed by atoms with Gasteiger partial charge in [0.25, 0.3) is 0 Å². The fourth-order valence-electron chi connectivity index (χ4n) is 16.3. The van der Waals surface area contributed by atoms with Crippen molar-refractivity contribution < 1.29 is 0 Å². The third kappa shape index (κ3) is 17.4. The second-order valence-corrected chi connectivity index (χ2v) is 31.1. The first-order valence-electron chi connectivity index (χ1n) is 41.8. The zero-order valence-electron chi connectivity index (χ0n) is 68.5. The van der Waals surface area contributed by atoms with E-state index in [1.165, 1.54) is 33.4 Å². The molecular formula is C117H84N6. The van der Waals surface area contributed by atoms with Gasteiger partial charge in [-0.15, -0.1) is 0 Å². The summed E-state index contributed by atoms with van der Waals surface area (Å²) in [6.07, 6.45) is 0. The van der Waals surface area contributed by atoms with E-state index in [2.05, 4.69) is 458 Å². The summed E-state index contributed by atoms with van der Waals surface area (Å²) in [4.78, 5) is 32.5. The predicted molar refractivity (Wildman–Crippen MR) is 512 cm³/mol. The van der Waals surface area contributed by atoms with Gasteiger partial charge in [0.05, 0.1) is 68.3 Å². The molecule has 0 fully saturated rings. The molecule has 582 valence electrons. The topological polar surface area (TPSA) is 77.3 Å². The first-order chi connectivity index (χ1) is 60.6.